The molecule has 0 aliphatic carbocycles. The van der Waals surface area contributed by atoms with Crippen LogP contribution in [0.15, 0.2) is 29.2 Å². The average Bonchev–Trinajstić information content (AvgIpc) is 2.27. The molecule has 0 aliphatic rings. The molecular weight excluding hydrogens is 288 g/mol. The summed E-state index contributed by atoms with van der Waals surface area (Å²) in [6, 6.07) is 5.48. The summed E-state index contributed by atoms with van der Waals surface area (Å²) in [5.41, 5.74) is 6.13. The van der Waals surface area contributed by atoms with Crippen LogP contribution in [0.3, 0.4) is 0 Å². The van der Waals surface area contributed by atoms with Gasteiger partial charge in [-0.2, -0.15) is 0 Å². The number of anilines is 1. The number of sulfone groups is 1. The van der Waals surface area contributed by atoms with Crippen molar-refractivity contribution in [2.45, 2.75) is 24.8 Å². The highest BCUT2D eigenvalue weighted by Gasteiger charge is 2.17. The van der Waals surface area contributed by atoms with Gasteiger partial charge < -0.3 is 11.1 Å². The average molecular weight is 307 g/mol. The molecule has 1 atom stereocenters. The molecule has 0 radical (unpaired) electrons. The van der Waals surface area contributed by atoms with Crippen LogP contribution in [0.25, 0.3) is 0 Å². The number of nitrogens with one attached hydrogen (secondary N) is 1. The van der Waals surface area contributed by atoms with E-state index in [1.54, 1.807) is 12.1 Å². The minimum absolute atomic E-state index is 0. The maximum atomic E-state index is 11.7. The zero-order chi connectivity index (χ0) is 13.9. The maximum Gasteiger partial charge on any atom is 0.241 e. The van der Waals surface area contributed by atoms with Crippen LogP contribution in [-0.4, -0.2) is 26.6 Å². The second-order valence-electron chi connectivity index (χ2n) is 4.56. The lowest BCUT2D eigenvalue weighted by atomic mass is 10.1. The Balaban J connectivity index is 0.00000324. The van der Waals surface area contributed by atoms with E-state index >= 15 is 0 Å². The number of hydrogen-bond donors (Lipinski definition) is 2. The van der Waals surface area contributed by atoms with Gasteiger partial charge in [0.2, 0.25) is 5.91 Å². The Morgan fingerprint density at radius 3 is 2.37 bits per heavy atom. The summed E-state index contributed by atoms with van der Waals surface area (Å²) in [4.78, 5) is 11.9. The first-order chi connectivity index (χ1) is 8.21. The number of amides is 1. The molecule has 1 rings (SSSR count). The largest absolute Gasteiger partial charge is 0.325 e. The number of benzene rings is 1. The molecule has 1 amide bonds. The van der Waals surface area contributed by atoms with Gasteiger partial charge in [0, 0.05) is 11.9 Å². The topological polar surface area (TPSA) is 89.3 Å². The second-order valence-corrected chi connectivity index (χ2v) is 6.57. The fourth-order valence-electron chi connectivity index (χ4n) is 1.33. The third-order valence-corrected chi connectivity index (χ3v) is 3.66. The molecule has 0 heterocycles. The van der Waals surface area contributed by atoms with E-state index in [4.69, 9.17) is 5.73 Å². The van der Waals surface area contributed by atoms with Crippen LogP contribution >= 0.6 is 12.4 Å². The van der Waals surface area contributed by atoms with Crippen LogP contribution < -0.4 is 11.1 Å². The van der Waals surface area contributed by atoms with Crippen LogP contribution in [0.2, 0.25) is 0 Å². The van der Waals surface area contributed by atoms with Gasteiger partial charge >= 0.3 is 0 Å². The molecule has 0 fully saturated rings. The fraction of sp³-hybridized carbons (Fsp3) is 0.417. The molecule has 0 saturated heterocycles. The van der Waals surface area contributed by atoms with E-state index in [0.29, 0.717) is 5.69 Å². The van der Waals surface area contributed by atoms with Gasteiger partial charge in [-0.3, -0.25) is 4.79 Å². The summed E-state index contributed by atoms with van der Waals surface area (Å²) in [6.07, 6.45) is 1.12. The van der Waals surface area contributed by atoms with Crippen molar-refractivity contribution in [3.05, 3.63) is 24.3 Å². The van der Waals surface area contributed by atoms with E-state index in [2.05, 4.69) is 5.32 Å². The van der Waals surface area contributed by atoms with Gasteiger partial charge in [-0.1, -0.05) is 19.9 Å². The maximum absolute atomic E-state index is 11.7. The number of carbonyl (C=O) groups is 1. The molecule has 7 heteroatoms. The van der Waals surface area contributed by atoms with Gasteiger partial charge in [0.15, 0.2) is 9.84 Å². The highest BCUT2D eigenvalue weighted by Crippen LogP contribution is 2.15. The Morgan fingerprint density at radius 2 is 1.89 bits per heavy atom. The van der Waals surface area contributed by atoms with E-state index in [1.807, 2.05) is 13.8 Å². The van der Waals surface area contributed by atoms with E-state index in [9.17, 15) is 13.2 Å². The van der Waals surface area contributed by atoms with Crippen LogP contribution in [0, 0.1) is 5.92 Å². The zero-order valence-corrected chi connectivity index (χ0v) is 12.7. The Hall–Kier alpha value is -1.11. The van der Waals surface area contributed by atoms with Crippen molar-refractivity contribution in [3.63, 3.8) is 0 Å². The quantitative estimate of drug-likeness (QED) is 0.880. The van der Waals surface area contributed by atoms with Crippen molar-refractivity contribution in [2.75, 3.05) is 11.6 Å². The Bertz CT molecular complexity index is 544. The molecule has 3 N–H and O–H groups in total. The van der Waals surface area contributed by atoms with Gasteiger partial charge in [-0.15, -0.1) is 12.4 Å². The van der Waals surface area contributed by atoms with Gasteiger partial charge in [-0.25, -0.2) is 8.42 Å². The van der Waals surface area contributed by atoms with E-state index in [0.717, 1.165) is 6.26 Å². The molecule has 5 nitrogen and oxygen atoms in total. The molecule has 0 aliphatic heterocycles. The van der Waals surface area contributed by atoms with Crippen molar-refractivity contribution in [2.24, 2.45) is 11.7 Å². The van der Waals surface area contributed by atoms with E-state index in [-0.39, 0.29) is 29.1 Å². The third kappa shape index (κ3) is 5.18. The van der Waals surface area contributed by atoms with E-state index in [1.165, 1.54) is 12.1 Å². The van der Waals surface area contributed by atoms with Crippen molar-refractivity contribution in [1.82, 2.24) is 0 Å². The minimum Gasteiger partial charge on any atom is -0.325 e. The monoisotopic (exact) mass is 306 g/mol. The SMILES string of the molecule is CC(C)[C@@H](N)C(=O)Nc1cccc(S(C)(=O)=O)c1.Cl. The molecule has 1 aromatic rings. The van der Waals surface area contributed by atoms with Crippen LogP contribution in [0.5, 0.6) is 0 Å². The first-order valence-corrected chi connectivity index (χ1v) is 7.47. The Kier molecular flexibility index (Phi) is 6.48. The smallest absolute Gasteiger partial charge is 0.241 e. The summed E-state index contributed by atoms with van der Waals surface area (Å²) >= 11 is 0. The highest BCUT2D eigenvalue weighted by molar-refractivity contribution is 7.90. The predicted octanol–water partition coefficient (Wildman–Crippen LogP) is 1.43. The Labute approximate surface area is 119 Å². The Morgan fingerprint density at radius 1 is 1.32 bits per heavy atom. The third-order valence-electron chi connectivity index (χ3n) is 2.55. The first-order valence-electron chi connectivity index (χ1n) is 5.58. The molecule has 0 bridgehead atoms. The first kappa shape index (κ1) is 17.9. The summed E-state index contributed by atoms with van der Waals surface area (Å²) < 4.78 is 22.8. The number of hydrogen-bond acceptors (Lipinski definition) is 4. The molecule has 108 valence electrons. The van der Waals surface area contributed by atoms with Gasteiger partial charge in [0.05, 0.1) is 10.9 Å². The summed E-state index contributed by atoms with van der Waals surface area (Å²) in [7, 11) is -3.28. The van der Waals surface area contributed by atoms with Gasteiger partial charge in [-0.05, 0) is 24.1 Å². The lowest BCUT2D eigenvalue weighted by Crippen LogP contribution is -2.39. The van der Waals surface area contributed by atoms with Crippen molar-refractivity contribution in [3.8, 4) is 0 Å². The standard InChI is InChI=1S/C12H18N2O3S.ClH/c1-8(2)11(13)12(15)14-9-5-4-6-10(7-9)18(3,16)17;/h4-8,11H,13H2,1-3H3,(H,14,15);1H/t11-;/m1./s1. The molecule has 0 spiro atoms. The predicted molar refractivity (Wildman–Crippen MR) is 78.2 cm³/mol. The van der Waals surface area contributed by atoms with Crippen molar-refractivity contribution >= 4 is 33.8 Å². The highest BCUT2D eigenvalue weighted by atomic mass is 35.5. The lowest BCUT2D eigenvalue weighted by molar-refractivity contribution is -0.118. The molecule has 0 saturated carbocycles. The zero-order valence-electron chi connectivity index (χ0n) is 11.1. The number of carbonyl (C=O) groups excluding carboxylic acids is 1. The molecule has 1 aromatic carbocycles. The summed E-state index contributed by atoms with van der Waals surface area (Å²) in [5, 5.41) is 2.61. The molecular formula is C12H19ClN2O3S. The minimum atomic E-state index is -3.28. The normalized spacial score (nSPS) is 12.7. The number of rotatable bonds is 4. The van der Waals surface area contributed by atoms with Crippen molar-refractivity contribution in [1.29, 1.82) is 0 Å². The van der Waals surface area contributed by atoms with Gasteiger partial charge in [0.1, 0.15) is 0 Å². The fourth-order valence-corrected chi connectivity index (χ4v) is 2.00. The second kappa shape index (κ2) is 6.88. The molecule has 0 aromatic heterocycles. The van der Waals surface area contributed by atoms with E-state index < -0.39 is 15.9 Å². The van der Waals surface area contributed by atoms with Crippen LogP contribution in [-0.2, 0) is 14.6 Å². The molecule has 19 heavy (non-hydrogen) atoms. The summed E-state index contributed by atoms with van der Waals surface area (Å²) in [6.45, 7) is 3.69. The number of nitrogens with two attached hydrogens (primary N) is 1. The summed E-state index contributed by atoms with van der Waals surface area (Å²) in [5.74, 6) is -0.307. The molecule has 0 unspecified atom stereocenters. The van der Waals surface area contributed by atoms with Gasteiger partial charge in [0.25, 0.3) is 0 Å². The van der Waals surface area contributed by atoms with Crippen molar-refractivity contribution < 1.29 is 13.2 Å². The van der Waals surface area contributed by atoms with Crippen LogP contribution in [0.4, 0.5) is 5.69 Å². The lowest BCUT2D eigenvalue weighted by Gasteiger charge is -2.15. The number of halogens is 1. The van der Waals surface area contributed by atoms with Crippen LogP contribution in [0.1, 0.15) is 13.8 Å².